The maximum absolute atomic E-state index is 13.2. The minimum Gasteiger partial charge on any atom is -0.488 e. The van der Waals surface area contributed by atoms with E-state index in [1.807, 2.05) is 24.3 Å². The van der Waals surface area contributed by atoms with Crippen LogP contribution in [0.25, 0.3) is 6.08 Å². The van der Waals surface area contributed by atoms with E-state index >= 15 is 0 Å². The number of carbonyl (C=O) groups excluding carboxylic acids is 1. The molecule has 0 aliphatic carbocycles. The smallest absolute Gasteiger partial charge is 0.255 e. The largest absolute Gasteiger partial charge is 0.488 e. The molecule has 0 aromatic heterocycles. The maximum Gasteiger partial charge on any atom is 0.255 e. The van der Waals surface area contributed by atoms with Crippen LogP contribution in [0.5, 0.6) is 5.75 Å². The molecule has 5 rings (SSSR count). The average Bonchev–Trinajstić information content (AvgIpc) is 3.42. The monoisotopic (exact) mass is 499 g/mol. The van der Waals surface area contributed by atoms with Gasteiger partial charge in [-0.3, -0.25) is 4.79 Å². The molecule has 0 spiro atoms. The predicted molar refractivity (Wildman–Crippen MR) is 132 cm³/mol. The second kappa shape index (κ2) is 10.4. The first-order valence-electron chi connectivity index (χ1n) is 11.8. The summed E-state index contributed by atoms with van der Waals surface area (Å²) in [5, 5.41) is 6.22. The van der Waals surface area contributed by atoms with Crippen LogP contribution in [0.4, 0.5) is 11.4 Å². The number of nitrogens with one attached hydrogen (secondary N) is 2. The van der Waals surface area contributed by atoms with Crippen LogP contribution in [0.2, 0.25) is 0 Å². The highest BCUT2D eigenvalue weighted by Gasteiger charge is 2.28. The minimum atomic E-state index is -3.72. The number of rotatable bonds is 7. The number of anilines is 2. The van der Waals surface area contributed by atoms with Gasteiger partial charge < -0.3 is 24.8 Å². The van der Waals surface area contributed by atoms with E-state index in [4.69, 9.17) is 14.2 Å². The number of hydrogen-bond donors (Lipinski definition) is 2. The molecule has 1 unspecified atom stereocenters. The average molecular weight is 500 g/mol. The lowest BCUT2D eigenvalue weighted by atomic mass is 10.1. The summed E-state index contributed by atoms with van der Waals surface area (Å²) in [6, 6.07) is 12.3. The van der Waals surface area contributed by atoms with Gasteiger partial charge in [-0.25, -0.2) is 8.42 Å². The van der Waals surface area contributed by atoms with Crippen LogP contribution < -0.4 is 15.4 Å². The third-order valence-corrected chi connectivity index (χ3v) is 8.21. The van der Waals surface area contributed by atoms with Crippen molar-refractivity contribution in [3.05, 3.63) is 53.6 Å². The molecule has 3 heterocycles. The van der Waals surface area contributed by atoms with Crippen LogP contribution in [0.1, 0.15) is 18.4 Å². The standard InChI is InChI=1S/C25H29N3O6S/c29-25(19-14-18-4-1-2-6-24(18)34-17-19)27-23-15-21(35(30,31)28-9-12-32-13-10-28)7-8-22(23)26-16-20-5-3-11-33-20/h1-2,4,6-8,14-15,20,26H,3,5,9-13,16-17H2,(H,27,29). The molecule has 35 heavy (non-hydrogen) atoms. The highest BCUT2D eigenvalue weighted by molar-refractivity contribution is 7.89. The van der Waals surface area contributed by atoms with Crippen molar-refractivity contribution in [2.24, 2.45) is 0 Å². The van der Waals surface area contributed by atoms with Gasteiger partial charge >= 0.3 is 0 Å². The molecule has 2 N–H and O–H groups in total. The quantitative estimate of drug-likeness (QED) is 0.603. The lowest BCUT2D eigenvalue weighted by Crippen LogP contribution is -2.40. The van der Waals surface area contributed by atoms with Crippen LogP contribution in [-0.2, 0) is 24.3 Å². The number of hydrogen-bond acceptors (Lipinski definition) is 7. The van der Waals surface area contributed by atoms with Crippen molar-refractivity contribution in [1.82, 2.24) is 4.31 Å². The number of fused-ring (bicyclic) bond motifs is 1. The number of nitrogens with zero attached hydrogens (tertiary/aromatic N) is 1. The Morgan fingerprint density at radius 1 is 1.06 bits per heavy atom. The molecule has 2 saturated heterocycles. The van der Waals surface area contributed by atoms with Crippen molar-refractivity contribution in [1.29, 1.82) is 0 Å². The molecule has 1 amide bonds. The molecule has 3 aliphatic rings. The van der Waals surface area contributed by atoms with E-state index in [2.05, 4.69) is 10.6 Å². The molecule has 0 radical (unpaired) electrons. The third kappa shape index (κ3) is 5.35. The van der Waals surface area contributed by atoms with Crippen molar-refractivity contribution in [2.45, 2.75) is 23.8 Å². The molecule has 2 aromatic rings. The van der Waals surface area contributed by atoms with Crippen LogP contribution in [0.15, 0.2) is 52.9 Å². The summed E-state index contributed by atoms with van der Waals surface area (Å²) in [5.74, 6) is 0.377. The van der Waals surface area contributed by atoms with Gasteiger partial charge in [0.2, 0.25) is 10.0 Å². The van der Waals surface area contributed by atoms with Gasteiger partial charge in [0.15, 0.2) is 0 Å². The first-order valence-corrected chi connectivity index (χ1v) is 13.3. The second-order valence-corrected chi connectivity index (χ2v) is 10.6. The van der Waals surface area contributed by atoms with Crippen molar-refractivity contribution in [3.8, 4) is 5.75 Å². The van der Waals surface area contributed by atoms with Gasteiger partial charge in [0.25, 0.3) is 5.91 Å². The number of para-hydroxylation sites is 1. The highest BCUT2D eigenvalue weighted by Crippen LogP contribution is 2.30. The molecule has 2 fully saturated rings. The first kappa shape index (κ1) is 23.8. The summed E-state index contributed by atoms with van der Waals surface area (Å²) in [5.41, 5.74) is 2.30. The van der Waals surface area contributed by atoms with E-state index < -0.39 is 10.0 Å². The summed E-state index contributed by atoms with van der Waals surface area (Å²) in [6.45, 7) is 2.76. The number of amides is 1. The number of ether oxygens (including phenoxy) is 3. The van der Waals surface area contributed by atoms with E-state index in [1.165, 1.54) is 10.4 Å². The van der Waals surface area contributed by atoms with E-state index in [9.17, 15) is 13.2 Å². The van der Waals surface area contributed by atoms with E-state index in [0.717, 1.165) is 30.8 Å². The molecular formula is C25H29N3O6S. The zero-order valence-electron chi connectivity index (χ0n) is 19.4. The SMILES string of the molecule is O=C(Nc1cc(S(=O)(=O)N2CCOCC2)ccc1NCC1CCCO1)C1=Cc2ccccc2OC1. The van der Waals surface area contributed by atoms with Crippen molar-refractivity contribution in [3.63, 3.8) is 0 Å². The maximum atomic E-state index is 13.2. The third-order valence-electron chi connectivity index (χ3n) is 6.31. The molecule has 186 valence electrons. The fraction of sp³-hybridized carbons (Fsp3) is 0.400. The van der Waals surface area contributed by atoms with E-state index in [0.29, 0.717) is 49.8 Å². The van der Waals surface area contributed by atoms with Gasteiger partial charge in [-0.1, -0.05) is 18.2 Å². The van der Waals surface area contributed by atoms with Crippen molar-refractivity contribution >= 4 is 33.4 Å². The lowest BCUT2D eigenvalue weighted by Gasteiger charge is -2.26. The zero-order chi connectivity index (χ0) is 24.3. The zero-order valence-corrected chi connectivity index (χ0v) is 20.2. The lowest BCUT2D eigenvalue weighted by molar-refractivity contribution is -0.113. The van der Waals surface area contributed by atoms with E-state index in [-0.39, 0.29) is 23.5 Å². The first-order chi connectivity index (χ1) is 17.0. The van der Waals surface area contributed by atoms with Gasteiger partial charge in [0.05, 0.1) is 41.2 Å². The molecule has 0 bridgehead atoms. The Morgan fingerprint density at radius 2 is 1.89 bits per heavy atom. The molecule has 1 atom stereocenters. The number of sulfonamides is 1. The van der Waals surface area contributed by atoms with Gasteiger partial charge in [-0.05, 0) is 43.2 Å². The molecule has 3 aliphatic heterocycles. The fourth-order valence-electron chi connectivity index (χ4n) is 4.36. The van der Waals surface area contributed by atoms with Gasteiger partial charge in [-0.2, -0.15) is 4.31 Å². The van der Waals surface area contributed by atoms with Crippen molar-refractivity contribution < 1.29 is 27.4 Å². The van der Waals surface area contributed by atoms with Crippen LogP contribution in [0, 0.1) is 0 Å². The topological polar surface area (TPSA) is 106 Å². The summed E-state index contributed by atoms with van der Waals surface area (Å²) < 4.78 is 44.6. The number of carbonyl (C=O) groups is 1. The molecule has 0 saturated carbocycles. The highest BCUT2D eigenvalue weighted by atomic mass is 32.2. The van der Waals surface area contributed by atoms with Crippen LogP contribution in [-0.4, -0.2) is 70.8 Å². The number of morpholine rings is 1. The molecular weight excluding hydrogens is 470 g/mol. The summed E-state index contributed by atoms with van der Waals surface area (Å²) in [4.78, 5) is 13.3. The van der Waals surface area contributed by atoms with E-state index in [1.54, 1.807) is 18.2 Å². The second-order valence-electron chi connectivity index (χ2n) is 8.69. The van der Waals surface area contributed by atoms with Crippen LogP contribution in [0.3, 0.4) is 0 Å². The summed E-state index contributed by atoms with van der Waals surface area (Å²) in [7, 11) is -3.72. The fourth-order valence-corrected chi connectivity index (χ4v) is 5.79. The summed E-state index contributed by atoms with van der Waals surface area (Å²) in [6.07, 6.45) is 3.85. The van der Waals surface area contributed by atoms with Gasteiger partial charge in [0, 0.05) is 31.8 Å². The molecule has 2 aromatic carbocycles. The molecule has 9 nitrogen and oxygen atoms in total. The Balaban J connectivity index is 1.41. The van der Waals surface area contributed by atoms with Crippen LogP contribution >= 0.6 is 0 Å². The Bertz CT molecular complexity index is 1220. The molecule has 10 heteroatoms. The summed E-state index contributed by atoms with van der Waals surface area (Å²) >= 11 is 0. The normalized spacial score (nSPS) is 20.5. The predicted octanol–water partition coefficient (Wildman–Crippen LogP) is 2.71. The van der Waals surface area contributed by atoms with Crippen molar-refractivity contribution in [2.75, 3.05) is 56.7 Å². The Labute approximate surface area is 205 Å². The number of benzene rings is 2. The Hall–Kier alpha value is -2.92. The minimum absolute atomic E-state index is 0.0845. The van der Waals surface area contributed by atoms with Gasteiger partial charge in [-0.15, -0.1) is 0 Å². The Kier molecular flexibility index (Phi) is 7.05. The Morgan fingerprint density at radius 3 is 2.69 bits per heavy atom. The van der Waals surface area contributed by atoms with Gasteiger partial charge in [0.1, 0.15) is 12.4 Å².